The van der Waals surface area contributed by atoms with Crippen molar-refractivity contribution in [3.8, 4) is 0 Å². The zero-order valence-electron chi connectivity index (χ0n) is 7.55. The van der Waals surface area contributed by atoms with Crippen molar-refractivity contribution in [2.24, 2.45) is 5.84 Å². The Morgan fingerprint density at radius 1 is 1.67 bits per heavy atom. The van der Waals surface area contributed by atoms with Crippen LogP contribution in [0, 0.1) is 0 Å². The number of carbonyl (C=O) groups excluding carboxylic acids is 1. The molecule has 1 fully saturated rings. The normalized spacial score (nSPS) is 25.3. The molecule has 0 radical (unpaired) electrons. The van der Waals surface area contributed by atoms with E-state index in [1.165, 1.54) is 19.3 Å². The average molecular weight is 171 g/mol. The Bertz CT molecular complexity index is 160. The highest BCUT2D eigenvalue weighted by molar-refractivity contribution is 5.77. The van der Waals surface area contributed by atoms with E-state index in [0.29, 0.717) is 12.6 Å². The maximum absolute atomic E-state index is 10.9. The molecule has 70 valence electrons. The molecule has 1 amide bonds. The van der Waals surface area contributed by atoms with Crippen molar-refractivity contribution in [1.82, 2.24) is 10.3 Å². The van der Waals surface area contributed by atoms with Crippen molar-refractivity contribution in [2.75, 3.05) is 13.1 Å². The number of carbonyl (C=O) groups is 1. The fraction of sp³-hybridized carbons (Fsp3) is 0.875. The molecule has 3 N–H and O–H groups in total. The summed E-state index contributed by atoms with van der Waals surface area (Å²) in [4.78, 5) is 13.1. The topological polar surface area (TPSA) is 58.4 Å². The van der Waals surface area contributed by atoms with E-state index in [4.69, 9.17) is 5.84 Å². The molecule has 0 aliphatic carbocycles. The first-order valence-corrected chi connectivity index (χ1v) is 4.47. The minimum atomic E-state index is -0.0937. The van der Waals surface area contributed by atoms with Crippen molar-refractivity contribution < 1.29 is 4.79 Å². The van der Waals surface area contributed by atoms with Crippen LogP contribution in [0.25, 0.3) is 0 Å². The molecule has 1 aliphatic heterocycles. The summed E-state index contributed by atoms with van der Waals surface area (Å²) >= 11 is 0. The first kappa shape index (κ1) is 9.48. The van der Waals surface area contributed by atoms with Gasteiger partial charge in [-0.15, -0.1) is 0 Å². The van der Waals surface area contributed by atoms with Crippen molar-refractivity contribution >= 4 is 5.91 Å². The van der Waals surface area contributed by atoms with Gasteiger partial charge in [-0.2, -0.15) is 0 Å². The minimum absolute atomic E-state index is 0.0937. The van der Waals surface area contributed by atoms with Gasteiger partial charge in [0.15, 0.2) is 0 Å². The van der Waals surface area contributed by atoms with Crippen LogP contribution in [0.4, 0.5) is 0 Å². The van der Waals surface area contributed by atoms with Gasteiger partial charge in [-0.1, -0.05) is 6.42 Å². The fourth-order valence-corrected chi connectivity index (χ4v) is 1.62. The Hall–Kier alpha value is -0.610. The molecule has 0 aromatic carbocycles. The maximum Gasteiger partial charge on any atom is 0.248 e. The third-order valence-corrected chi connectivity index (χ3v) is 2.45. The minimum Gasteiger partial charge on any atom is -0.293 e. The molecule has 1 saturated heterocycles. The molecule has 0 bridgehead atoms. The summed E-state index contributed by atoms with van der Waals surface area (Å²) in [5.74, 6) is 4.91. The van der Waals surface area contributed by atoms with Crippen LogP contribution in [0.5, 0.6) is 0 Å². The number of nitrogens with two attached hydrogens (primary N) is 1. The number of amides is 1. The van der Waals surface area contributed by atoms with Gasteiger partial charge in [-0.3, -0.25) is 15.1 Å². The number of nitrogens with one attached hydrogen (secondary N) is 1. The maximum atomic E-state index is 10.9. The molecule has 0 aromatic heterocycles. The molecular formula is C8H17N3O. The number of hydrazine groups is 1. The number of hydrogen-bond acceptors (Lipinski definition) is 3. The van der Waals surface area contributed by atoms with Gasteiger partial charge >= 0.3 is 0 Å². The standard InChI is InChI=1S/C8H17N3O/c1-7-4-2-3-5-11(7)6-8(12)10-9/h7H,2-6,9H2,1H3,(H,10,12)/t7-/m0/s1. The van der Waals surface area contributed by atoms with Gasteiger partial charge in [0.1, 0.15) is 0 Å². The quantitative estimate of drug-likeness (QED) is 0.345. The van der Waals surface area contributed by atoms with Crippen LogP contribution in [-0.4, -0.2) is 29.9 Å². The molecule has 1 heterocycles. The summed E-state index contributed by atoms with van der Waals surface area (Å²) in [5.41, 5.74) is 2.15. The average Bonchev–Trinajstić information content (AvgIpc) is 2.09. The van der Waals surface area contributed by atoms with E-state index < -0.39 is 0 Å². The van der Waals surface area contributed by atoms with Crippen LogP contribution in [0.2, 0.25) is 0 Å². The molecule has 1 aliphatic rings. The Morgan fingerprint density at radius 3 is 3.00 bits per heavy atom. The van der Waals surface area contributed by atoms with Crippen LogP contribution in [0.15, 0.2) is 0 Å². The van der Waals surface area contributed by atoms with Gasteiger partial charge in [0, 0.05) is 6.04 Å². The highest BCUT2D eigenvalue weighted by atomic mass is 16.2. The second-order valence-electron chi connectivity index (χ2n) is 3.38. The Labute approximate surface area is 73.1 Å². The van der Waals surface area contributed by atoms with E-state index in [-0.39, 0.29) is 5.91 Å². The van der Waals surface area contributed by atoms with Gasteiger partial charge in [0.2, 0.25) is 5.91 Å². The van der Waals surface area contributed by atoms with Crippen molar-refractivity contribution in [1.29, 1.82) is 0 Å². The smallest absolute Gasteiger partial charge is 0.248 e. The number of piperidine rings is 1. The van der Waals surface area contributed by atoms with Crippen LogP contribution in [0.1, 0.15) is 26.2 Å². The second kappa shape index (κ2) is 4.42. The lowest BCUT2D eigenvalue weighted by molar-refractivity contribution is -0.123. The number of hydrogen-bond donors (Lipinski definition) is 2. The van der Waals surface area contributed by atoms with Crippen LogP contribution in [-0.2, 0) is 4.79 Å². The van der Waals surface area contributed by atoms with Crippen LogP contribution in [0.3, 0.4) is 0 Å². The molecule has 0 spiro atoms. The van der Waals surface area contributed by atoms with Crippen molar-refractivity contribution in [2.45, 2.75) is 32.2 Å². The van der Waals surface area contributed by atoms with Crippen LogP contribution < -0.4 is 11.3 Å². The van der Waals surface area contributed by atoms with Gasteiger partial charge < -0.3 is 0 Å². The predicted molar refractivity (Wildman–Crippen MR) is 47.2 cm³/mol. The van der Waals surface area contributed by atoms with Gasteiger partial charge in [0.05, 0.1) is 6.54 Å². The van der Waals surface area contributed by atoms with Crippen LogP contribution >= 0.6 is 0 Å². The summed E-state index contributed by atoms with van der Waals surface area (Å²) in [6.07, 6.45) is 3.67. The molecule has 1 rings (SSSR count). The Kier molecular flexibility index (Phi) is 3.49. The van der Waals surface area contributed by atoms with Gasteiger partial charge in [-0.25, -0.2) is 5.84 Å². The highest BCUT2D eigenvalue weighted by Crippen LogP contribution is 2.15. The first-order chi connectivity index (χ1) is 5.74. The van der Waals surface area contributed by atoms with E-state index in [9.17, 15) is 4.79 Å². The van der Waals surface area contributed by atoms with Crippen molar-refractivity contribution in [3.05, 3.63) is 0 Å². The van der Waals surface area contributed by atoms with E-state index in [0.717, 1.165) is 6.54 Å². The summed E-state index contributed by atoms with van der Waals surface area (Å²) in [5, 5.41) is 0. The fourth-order valence-electron chi connectivity index (χ4n) is 1.62. The molecule has 0 aromatic rings. The SMILES string of the molecule is C[C@H]1CCCCN1CC(=O)NN. The van der Waals surface area contributed by atoms with E-state index in [2.05, 4.69) is 17.2 Å². The lowest BCUT2D eigenvalue weighted by Gasteiger charge is -2.32. The van der Waals surface area contributed by atoms with E-state index in [1.807, 2.05) is 0 Å². The number of rotatable bonds is 2. The molecular weight excluding hydrogens is 154 g/mol. The molecule has 0 unspecified atom stereocenters. The third-order valence-electron chi connectivity index (χ3n) is 2.45. The summed E-state index contributed by atoms with van der Waals surface area (Å²) < 4.78 is 0. The summed E-state index contributed by atoms with van der Waals surface area (Å²) in [6.45, 7) is 3.62. The van der Waals surface area contributed by atoms with Crippen molar-refractivity contribution in [3.63, 3.8) is 0 Å². The largest absolute Gasteiger partial charge is 0.293 e. The zero-order chi connectivity index (χ0) is 8.97. The van der Waals surface area contributed by atoms with E-state index >= 15 is 0 Å². The first-order valence-electron chi connectivity index (χ1n) is 4.47. The monoisotopic (exact) mass is 171 g/mol. The predicted octanol–water partition coefficient (Wildman–Crippen LogP) is -0.149. The molecule has 4 nitrogen and oxygen atoms in total. The molecule has 0 saturated carbocycles. The van der Waals surface area contributed by atoms with Gasteiger partial charge in [0.25, 0.3) is 0 Å². The summed E-state index contributed by atoms with van der Waals surface area (Å²) in [6, 6.07) is 0.524. The zero-order valence-corrected chi connectivity index (χ0v) is 7.55. The van der Waals surface area contributed by atoms with E-state index in [1.54, 1.807) is 0 Å². The third kappa shape index (κ3) is 2.46. The molecule has 12 heavy (non-hydrogen) atoms. The number of likely N-dealkylation sites (tertiary alicyclic amines) is 1. The second-order valence-corrected chi connectivity index (χ2v) is 3.38. The summed E-state index contributed by atoms with van der Waals surface area (Å²) in [7, 11) is 0. The lowest BCUT2D eigenvalue weighted by Crippen LogP contribution is -2.45. The lowest BCUT2D eigenvalue weighted by atomic mass is 10.0. The Morgan fingerprint density at radius 2 is 2.42 bits per heavy atom. The van der Waals surface area contributed by atoms with Gasteiger partial charge in [-0.05, 0) is 26.3 Å². The molecule has 4 heteroatoms. The Balaban J connectivity index is 2.33. The number of nitrogens with zero attached hydrogens (tertiary/aromatic N) is 1. The highest BCUT2D eigenvalue weighted by Gasteiger charge is 2.19. The molecule has 1 atom stereocenters.